The Labute approximate surface area is 177 Å². The molecule has 1 saturated heterocycles. The Morgan fingerprint density at radius 3 is 2.79 bits per heavy atom. The van der Waals surface area contributed by atoms with Crippen molar-refractivity contribution in [1.29, 1.82) is 0 Å². The molecular weight excluding hydrogens is 394 g/mol. The molecule has 0 radical (unpaired) electrons. The highest BCUT2D eigenvalue weighted by Crippen LogP contribution is 2.24. The second-order valence-corrected chi connectivity index (χ2v) is 7.15. The molecule has 1 aliphatic rings. The average Bonchev–Trinajstić information content (AvgIpc) is 2.71. The first kappa shape index (κ1) is 23.2. The van der Waals surface area contributed by atoms with Crippen molar-refractivity contribution in [2.75, 3.05) is 46.4 Å². The molecule has 0 saturated carbocycles. The molecule has 1 aromatic heterocycles. The molecule has 1 amide bonds. The number of hydrogen-bond donors (Lipinski definition) is 2. The molecule has 0 bridgehead atoms. The molecule has 160 valence electrons. The highest BCUT2D eigenvalue weighted by atomic mass is 35.5. The summed E-state index contributed by atoms with van der Waals surface area (Å²) in [7, 11) is 1.57. The van der Waals surface area contributed by atoms with E-state index in [2.05, 4.69) is 15.5 Å². The fraction of sp³-hybridized carbons (Fsp3) is 0.524. The third kappa shape index (κ3) is 6.19. The molecule has 29 heavy (non-hydrogen) atoms. The van der Waals surface area contributed by atoms with Crippen LogP contribution in [0.15, 0.2) is 27.4 Å². The summed E-state index contributed by atoms with van der Waals surface area (Å²) in [6.45, 7) is 7.76. The van der Waals surface area contributed by atoms with Gasteiger partial charge in [0, 0.05) is 56.2 Å². The Kier molecular flexibility index (Phi) is 8.95. The van der Waals surface area contributed by atoms with Gasteiger partial charge in [-0.05, 0) is 44.0 Å². The van der Waals surface area contributed by atoms with Crippen LogP contribution >= 0.6 is 12.4 Å². The van der Waals surface area contributed by atoms with Crippen LogP contribution in [-0.4, -0.2) is 57.2 Å². The number of benzene rings is 1. The fourth-order valence-corrected chi connectivity index (χ4v) is 3.58. The summed E-state index contributed by atoms with van der Waals surface area (Å²) >= 11 is 0. The van der Waals surface area contributed by atoms with Gasteiger partial charge in [0.05, 0.1) is 7.11 Å². The Balaban J connectivity index is 0.00000300. The number of rotatable bonds is 8. The summed E-state index contributed by atoms with van der Waals surface area (Å²) in [6.07, 6.45) is 1.59. The number of fused-ring (bicyclic) bond motifs is 1. The second kappa shape index (κ2) is 11.2. The zero-order valence-corrected chi connectivity index (χ0v) is 17.9. The summed E-state index contributed by atoms with van der Waals surface area (Å²) in [5, 5.41) is 7.15. The monoisotopic (exact) mass is 423 g/mol. The molecule has 0 atom stereocenters. The van der Waals surface area contributed by atoms with E-state index < -0.39 is 0 Å². The first-order chi connectivity index (χ1) is 13.6. The van der Waals surface area contributed by atoms with Gasteiger partial charge in [0.15, 0.2) is 0 Å². The molecule has 1 aliphatic heterocycles. The SMILES string of the molecule is COc1ccc2c(C)c(CCC(=O)NCCCN3CCNCC3)c(=O)oc2c1.Cl. The topological polar surface area (TPSA) is 83.8 Å². The maximum atomic E-state index is 12.4. The van der Waals surface area contributed by atoms with Crippen molar-refractivity contribution in [3.8, 4) is 5.75 Å². The molecule has 7 nitrogen and oxygen atoms in total. The van der Waals surface area contributed by atoms with Gasteiger partial charge in [-0.3, -0.25) is 4.79 Å². The van der Waals surface area contributed by atoms with Crippen molar-refractivity contribution in [2.24, 2.45) is 0 Å². The summed E-state index contributed by atoms with van der Waals surface area (Å²) in [6, 6.07) is 5.43. The molecule has 8 heteroatoms. The zero-order valence-electron chi connectivity index (χ0n) is 17.1. The largest absolute Gasteiger partial charge is 0.497 e. The smallest absolute Gasteiger partial charge is 0.339 e. The number of amides is 1. The lowest BCUT2D eigenvalue weighted by Crippen LogP contribution is -2.44. The quantitative estimate of drug-likeness (QED) is 0.498. The average molecular weight is 424 g/mol. The molecule has 2 N–H and O–H groups in total. The van der Waals surface area contributed by atoms with Gasteiger partial charge in [-0.2, -0.15) is 0 Å². The molecule has 0 unspecified atom stereocenters. The Bertz CT molecular complexity index is 878. The third-order valence-electron chi connectivity index (χ3n) is 5.28. The van der Waals surface area contributed by atoms with Gasteiger partial charge < -0.3 is 24.7 Å². The van der Waals surface area contributed by atoms with Crippen LogP contribution in [-0.2, 0) is 11.2 Å². The number of aryl methyl sites for hydroxylation is 1. The van der Waals surface area contributed by atoms with Crippen molar-refractivity contribution in [2.45, 2.75) is 26.2 Å². The molecule has 0 spiro atoms. The molecular formula is C21H30ClN3O4. The van der Waals surface area contributed by atoms with Crippen LogP contribution in [0.5, 0.6) is 5.75 Å². The fourth-order valence-electron chi connectivity index (χ4n) is 3.58. The molecule has 1 aromatic carbocycles. The number of carbonyl (C=O) groups is 1. The van der Waals surface area contributed by atoms with Crippen LogP contribution in [0.3, 0.4) is 0 Å². The van der Waals surface area contributed by atoms with Gasteiger partial charge in [-0.25, -0.2) is 4.79 Å². The van der Waals surface area contributed by atoms with E-state index >= 15 is 0 Å². The number of halogens is 1. The summed E-state index contributed by atoms with van der Waals surface area (Å²) in [5.74, 6) is 0.608. The minimum Gasteiger partial charge on any atom is -0.497 e. The normalized spacial score (nSPS) is 14.4. The molecule has 3 rings (SSSR count). The Morgan fingerprint density at radius 2 is 2.07 bits per heavy atom. The van der Waals surface area contributed by atoms with Crippen molar-refractivity contribution < 1.29 is 13.9 Å². The first-order valence-electron chi connectivity index (χ1n) is 9.88. The van der Waals surface area contributed by atoms with Crippen LogP contribution < -0.4 is 21.0 Å². The third-order valence-corrected chi connectivity index (χ3v) is 5.28. The predicted octanol–water partition coefficient (Wildman–Crippen LogP) is 1.88. The zero-order chi connectivity index (χ0) is 19.9. The molecule has 0 aliphatic carbocycles. The van der Waals surface area contributed by atoms with Gasteiger partial charge >= 0.3 is 5.63 Å². The van der Waals surface area contributed by atoms with Crippen LogP contribution in [0.2, 0.25) is 0 Å². The number of nitrogens with one attached hydrogen (secondary N) is 2. The number of carbonyl (C=O) groups excluding carboxylic acids is 1. The highest BCUT2D eigenvalue weighted by molar-refractivity contribution is 5.85. The van der Waals surface area contributed by atoms with E-state index in [0.29, 0.717) is 29.9 Å². The maximum absolute atomic E-state index is 12.4. The summed E-state index contributed by atoms with van der Waals surface area (Å²) in [4.78, 5) is 26.9. The predicted molar refractivity (Wildman–Crippen MR) is 116 cm³/mol. The van der Waals surface area contributed by atoms with Gasteiger partial charge in [0.25, 0.3) is 0 Å². The molecule has 1 fully saturated rings. The van der Waals surface area contributed by atoms with Crippen molar-refractivity contribution in [3.05, 3.63) is 39.7 Å². The van der Waals surface area contributed by atoms with Gasteiger partial charge in [-0.1, -0.05) is 0 Å². The van der Waals surface area contributed by atoms with E-state index in [4.69, 9.17) is 9.15 Å². The van der Waals surface area contributed by atoms with Crippen LogP contribution in [0.1, 0.15) is 24.0 Å². The number of methoxy groups -OCH3 is 1. The van der Waals surface area contributed by atoms with Gasteiger partial charge in [0.2, 0.25) is 5.91 Å². The Morgan fingerprint density at radius 1 is 1.31 bits per heavy atom. The van der Waals surface area contributed by atoms with Crippen LogP contribution in [0.25, 0.3) is 11.0 Å². The van der Waals surface area contributed by atoms with E-state index in [-0.39, 0.29) is 30.4 Å². The minimum atomic E-state index is -0.384. The van der Waals surface area contributed by atoms with E-state index in [1.54, 1.807) is 13.2 Å². The van der Waals surface area contributed by atoms with Crippen molar-refractivity contribution in [3.63, 3.8) is 0 Å². The lowest BCUT2D eigenvalue weighted by Gasteiger charge is -2.27. The van der Waals surface area contributed by atoms with E-state index in [1.807, 2.05) is 19.1 Å². The van der Waals surface area contributed by atoms with Crippen LogP contribution in [0, 0.1) is 6.92 Å². The number of hydrogen-bond acceptors (Lipinski definition) is 6. The van der Waals surface area contributed by atoms with Crippen molar-refractivity contribution >= 4 is 29.3 Å². The number of nitrogens with zero attached hydrogens (tertiary/aromatic N) is 1. The Hall–Kier alpha value is -2.09. The summed E-state index contributed by atoms with van der Waals surface area (Å²) in [5.41, 5.74) is 1.54. The molecule has 2 aromatic rings. The lowest BCUT2D eigenvalue weighted by atomic mass is 10.0. The maximum Gasteiger partial charge on any atom is 0.339 e. The van der Waals surface area contributed by atoms with E-state index in [0.717, 1.165) is 50.1 Å². The van der Waals surface area contributed by atoms with Crippen LogP contribution in [0.4, 0.5) is 0 Å². The lowest BCUT2D eigenvalue weighted by molar-refractivity contribution is -0.121. The highest BCUT2D eigenvalue weighted by Gasteiger charge is 2.14. The first-order valence-corrected chi connectivity index (χ1v) is 9.88. The number of ether oxygens (including phenoxy) is 1. The van der Waals surface area contributed by atoms with Gasteiger partial charge in [-0.15, -0.1) is 12.4 Å². The standard InChI is InChI=1S/C21H29N3O4.ClH/c1-15-17-5-4-16(27-2)14-19(17)28-21(26)18(15)6-7-20(25)23-8-3-11-24-12-9-22-10-13-24;/h4-5,14,22H,3,6-13H2,1-2H3,(H,23,25);1H. The number of piperazine rings is 1. The minimum absolute atomic E-state index is 0. The van der Waals surface area contributed by atoms with Crippen molar-refractivity contribution in [1.82, 2.24) is 15.5 Å². The van der Waals surface area contributed by atoms with Gasteiger partial charge in [0.1, 0.15) is 11.3 Å². The second-order valence-electron chi connectivity index (χ2n) is 7.15. The van der Waals surface area contributed by atoms with E-state index in [1.165, 1.54) is 0 Å². The van der Waals surface area contributed by atoms with E-state index in [9.17, 15) is 9.59 Å². The summed E-state index contributed by atoms with van der Waals surface area (Å²) < 4.78 is 10.6. The molecule has 2 heterocycles.